The van der Waals surface area contributed by atoms with Crippen LogP contribution in [0.3, 0.4) is 0 Å². The minimum Gasteiger partial charge on any atom is -0.480 e. The second kappa shape index (κ2) is 6.10. The van der Waals surface area contributed by atoms with Crippen molar-refractivity contribution in [2.24, 2.45) is 5.73 Å². The van der Waals surface area contributed by atoms with Crippen LogP contribution in [-0.2, 0) is 14.3 Å². The van der Waals surface area contributed by atoms with Gasteiger partial charge in [-0.05, 0) is 27.7 Å². The van der Waals surface area contributed by atoms with Crippen LogP contribution in [0.5, 0.6) is 0 Å². The van der Waals surface area contributed by atoms with Crippen LogP contribution >= 0.6 is 11.8 Å². The van der Waals surface area contributed by atoms with Crippen LogP contribution in [0.15, 0.2) is 0 Å². The van der Waals surface area contributed by atoms with E-state index in [9.17, 15) is 9.59 Å². The summed E-state index contributed by atoms with van der Waals surface area (Å²) in [5.74, 6) is -1.33. The van der Waals surface area contributed by atoms with Crippen molar-refractivity contribution < 1.29 is 19.4 Å². The first-order valence-electron chi connectivity index (χ1n) is 4.98. The normalized spacial score (nSPS) is 13.6. The number of carboxylic acid groups (broad SMARTS) is 1. The quantitative estimate of drug-likeness (QED) is 0.679. The Labute approximate surface area is 99.7 Å². The Bertz CT molecular complexity index is 266. The molecule has 0 aliphatic carbocycles. The highest BCUT2D eigenvalue weighted by Crippen LogP contribution is 2.27. The zero-order valence-electron chi connectivity index (χ0n) is 10.0. The molecule has 0 spiro atoms. The first kappa shape index (κ1) is 15.2. The van der Waals surface area contributed by atoms with Crippen LogP contribution < -0.4 is 5.73 Å². The van der Waals surface area contributed by atoms with Gasteiger partial charge in [0.25, 0.3) is 0 Å². The van der Waals surface area contributed by atoms with Crippen molar-refractivity contribution >= 4 is 23.7 Å². The number of thioether (sulfide) groups is 1. The zero-order chi connectivity index (χ0) is 12.9. The summed E-state index contributed by atoms with van der Waals surface area (Å²) in [4.78, 5) is 22.0. The summed E-state index contributed by atoms with van der Waals surface area (Å²) in [6.45, 7) is 6.91. The topological polar surface area (TPSA) is 89.6 Å². The number of hydrogen-bond acceptors (Lipinski definition) is 5. The number of aliphatic carboxylic acids is 1. The maximum Gasteiger partial charge on any atom is 0.321 e. The monoisotopic (exact) mass is 249 g/mol. The zero-order valence-corrected chi connectivity index (χ0v) is 10.8. The molecule has 0 aliphatic rings. The Morgan fingerprint density at radius 1 is 1.44 bits per heavy atom. The lowest BCUT2D eigenvalue weighted by molar-refractivity contribution is -0.144. The van der Waals surface area contributed by atoms with Crippen LogP contribution in [0.25, 0.3) is 0 Å². The van der Waals surface area contributed by atoms with Crippen molar-refractivity contribution in [2.45, 2.75) is 44.6 Å². The Hall–Kier alpha value is -0.750. The molecule has 6 heteroatoms. The van der Waals surface area contributed by atoms with E-state index in [1.807, 2.05) is 0 Å². The van der Waals surface area contributed by atoms with Crippen molar-refractivity contribution in [3.8, 4) is 0 Å². The maximum atomic E-state index is 11.3. The molecule has 0 aromatic carbocycles. The molecule has 0 radical (unpaired) electrons. The molecule has 3 N–H and O–H groups in total. The van der Waals surface area contributed by atoms with Gasteiger partial charge in [0.2, 0.25) is 0 Å². The third-order valence-electron chi connectivity index (χ3n) is 1.94. The first-order valence-corrected chi connectivity index (χ1v) is 5.97. The van der Waals surface area contributed by atoms with Crippen LogP contribution in [0.4, 0.5) is 0 Å². The average Bonchev–Trinajstić information content (AvgIpc) is 2.12. The van der Waals surface area contributed by atoms with Gasteiger partial charge >= 0.3 is 11.9 Å². The number of esters is 1. The smallest absolute Gasteiger partial charge is 0.321 e. The van der Waals surface area contributed by atoms with E-state index in [-0.39, 0.29) is 17.8 Å². The van der Waals surface area contributed by atoms with Gasteiger partial charge in [-0.25, -0.2) is 0 Å². The van der Waals surface area contributed by atoms with Gasteiger partial charge in [0.05, 0.1) is 11.9 Å². The third-order valence-corrected chi connectivity index (χ3v) is 3.32. The molecule has 0 saturated heterocycles. The lowest BCUT2D eigenvalue weighted by Gasteiger charge is -2.27. The number of hydrogen-bond donors (Lipinski definition) is 2. The van der Waals surface area contributed by atoms with E-state index in [0.29, 0.717) is 0 Å². The number of nitrogens with two attached hydrogens (primary N) is 1. The molecule has 1 atom stereocenters. The van der Waals surface area contributed by atoms with E-state index in [1.165, 1.54) is 11.8 Å². The summed E-state index contributed by atoms with van der Waals surface area (Å²) in [6, 6.07) is -1.01. The highest BCUT2D eigenvalue weighted by Gasteiger charge is 2.33. The van der Waals surface area contributed by atoms with Gasteiger partial charge in [-0.1, -0.05) is 0 Å². The minimum atomic E-state index is -1.07. The minimum absolute atomic E-state index is 0.103. The molecule has 0 unspecified atom stereocenters. The van der Waals surface area contributed by atoms with Gasteiger partial charge < -0.3 is 15.6 Å². The van der Waals surface area contributed by atoms with Crippen molar-refractivity contribution in [3.63, 3.8) is 0 Å². The fourth-order valence-electron chi connectivity index (χ4n) is 0.929. The molecule has 5 nitrogen and oxygen atoms in total. The van der Waals surface area contributed by atoms with E-state index in [1.54, 1.807) is 27.7 Å². The van der Waals surface area contributed by atoms with E-state index in [2.05, 4.69) is 0 Å². The number of carbonyl (C=O) groups is 2. The van der Waals surface area contributed by atoms with E-state index < -0.39 is 16.8 Å². The number of carbonyl (C=O) groups excluding carboxylic acids is 1. The lowest BCUT2D eigenvalue weighted by Crippen LogP contribution is -2.47. The van der Waals surface area contributed by atoms with Crippen LogP contribution in [0, 0.1) is 0 Å². The maximum absolute atomic E-state index is 11.3. The molecular weight excluding hydrogens is 230 g/mol. The molecule has 16 heavy (non-hydrogen) atoms. The van der Waals surface area contributed by atoms with Crippen LogP contribution in [0.2, 0.25) is 0 Å². The summed E-state index contributed by atoms with van der Waals surface area (Å²) in [6.07, 6.45) is -0.163. The summed E-state index contributed by atoms with van der Waals surface area (Å²) in [5, 5.41) is 8.77. The molecule has 0 rings (SSSR count). The Kier molecular flexibility index (Phi) is 5.81. The average molecular weight is 249 g/mol. The molecule has 0 heterocycles. The SMILES string of the molecule is CC(C)OC(=O)CSC(C)(C)[C@@H](N)C(=O)O. The van der Waals surface area contributed by atoms with Crippen molar-refractivity contribution in [1.82, 2.24) is 0 Å². The Morgan fingerprint density at radius 3 is 2.31 bits per heavy atom. The van der Waals surface area contributed by atoms with Crippen LogP contribution in [-0.4, -0.2) is 39.7 Å². The molecular formula is C10H19NO4S. The lowest BCUT2D eigenvalue weighted by atomic mass is 10.1. The highest BCUT2D eigenvalue weighted by atomic mass is 32.2. The van der Waals surface area contributed by atoms with E-state index >= 15 is 0 Å². The van der Waals surface area contributed by atoms with E-state index in [4.69, 9.17) is 15.6 Å². The second-order valence-corrected chi connectivity index (χ2v) is 5.88. The molecule has 0 fully saturated rings. The predicted octanol–water partition coefficient (Wildman–Crippen LogP) is 0.862. The fraction of sp³-hybridized carbons (Fsp3) is 0.800. The molecule has 0 saturated carbocycles. The van der Waals surface area contributed by atoms with Crippen LogP contribution in [0.1, 0.15) is 27.7 Å². The van der Waals surface area contributed by atoms with Crippen molar-refractivity contribution in [3.05, 3.63) is 0 Å². The van der Waals surface area contributed by atoms with Crippen molar-refractivity contribution in [1.29, 1.82) is 0 Å². The molecule has 0 bridgehead atoms. The van der Waals surface area contributed by atoms with Crippen molar-refractivity contribution in [2.75, 3.05) is 5.75 Å². The van der Waals surface area contributed by atoms with Gasteiger partial charge in [-0.3, -0.25) is 9.59 Å². The summed E-state index contributed by atoms with van der Waals surface area (Å²) in [5.41, 5.74) is 5.51. The third kappa shape index (κ3) is 5.37. The van der Waals surface area contributed by atoms with Gasteiger partial charge in [0, 0.05) is 4.75 Å². The van der Waals surface area contributed by atoms with Gasteiger partial charge in [-0.2, -0.15) is 0 Å². The summed E-state index contributed by atoms with van der Waals surface area (Å²) < 4.78 is 4.23. The Morgan fingerprint density at radius 2 is 1.94 bits per heavy atom. The molecule has 94 valence electrons. The van der Waals surface area contributed by atoms with Gasteiger partial charge in [0.1, 0.15) is 6.04 Å². The predicted molar refractivity (Wildman–Crippen MR) is 63.4 cm³/mol. The van der Waals surface area contributed by atoms with Gasteiger partial charge in [-0.15, -0.1) is 11.8 Å². The molecule has 0 aliphatic heterocycles. The van der Waals surface area contributed by atoms with Gasteiger partial charge in [0.15, 0.2) is 0 Å². The Balaban J connectivity index is 4.18. The molecule has 0 amide bonds. The molecule has 0 aromatic rings. The number of ether oxygens (including phenoxy) is 1. The highest BCUT2D eigenvalue weighted by molar-refractivity contribution is 8.01. The number of rotatable bonds is 6. The first-order chi connectivity index (χ1) is 7.16. The fourth-order valence-corrected chi connectivity index (χ4v) is 1.77. The number of carboxylic acids is 1. The summed E-state index contributed by atoms with van der Waals surface area (Å²) in [7, 11) is 0. The molecule has 0 aromatic heterocycles. The largest absolute Gasteiger partial charge is 0.480 e. The second-order valence-electron chi connectivity index (χ2n) is 4.25. The standard InChI is InChI=1S/C10H19NO4S/c1-6(2)15-7(12)5-16-10(3,4)8(11)9(13)14/h6,8H,5,11H2,1-4H3,(H,13,14)/t8-/m0/s1. The van der Waals surface area contributed by atoms with E-state index in [0.717, 1.165) is 0 Å². The summed E-state index contributed by atoms with van der Waals surface area (Å²) >= 11 is 1.18.